The number of benzene rings is 1. The fraction of sp³-hybridized carbons (Fsp3) is 0.538. The van der Waals surface area contributed by atoms with Gasteiger partial charge < -0.3 is 10.5 Å². The smallest absolute Gasteiger partial charge is 0.0821 e. The molecule has 0 spiro atoms. The molecule has 1 heterocycles. The van der Waals surface area contributed by atoms with Crippen molar-refractivity contribution >= 4 is 28.1 Å². The topological polar surface area (TPSA) is 55.6 Å². The highest BCUT2D eigenvalue weighted by Crippen LogP contribution is 2.23. The van der Waals surface area contributed by atoms with Gasteiger partial charge in [-0.1, -0.05) is 18.5 Å². The maximum absolute atomic E-state index is 12.3. The lowest BCUT2D eigenvalue weighted by Crippen LogP contribution is -2.44. The summed E-state index contributed by atoms with van der Waals surface area (Å²) < 4.78 is 18.0. The first-order chi connectivity index (χ1) is 9.10. The summed E-state index contributed by atoms with van der Waals surface area (Å²) in [6, 6.07) is 5.09. The van der Waals surface area contributed by atoms with E-state index in [1.54, 1.807) is 18.2 Å². The van der Waals surface area contributed by atoms with E-state index in [9.17, 15) is 4.21 Å². The summed E-state index contributed by atoms with van der Waals surface area (Å²) in [5, 5.41) is 0.460. The summed E-state index contributed by atoms with van der Waals surface area (Å²) in [6.07, 6.45) is 0.00292. The van der Waals surface area contributed by atoms with Crippen LogP contribution in [0.1, 0.15) is 6.92 Å². The van der Waals surface area contributed by atoms with Crippen LogP contribution < -0.4 is 5.73 Å². The van der Waals surface area contributed by atoms with Crippen LogP contribution in [0.25, 0.3) is 0 Å². The maximum atomic E-state index is 12.3. The van der Waals surface area contributed by atoms with Crippen LogP contribution in [0.3, 0.4) is 0 Å². The Morgan fingerprint density at radius 3 is 3.05 bits per heavy atom. The first-order valence-corrected chi connectivity index (χ1v) is 8.07. The van der Waals surface area contributed by atoms with Gasteiger partial charge in [0.25, 0.3) is 0 Å². The number of anilines is 1. The Hall–Kier alpha value is -0.620. The molecule has 2 atom stereocenters. The number of ether oxygens (including phenoxy) is 1. The molecule has 4 nitrogen and oxygen atoms in total. The van der Waals surface area contributed by atoms with Crippen molar-refractivity contribution in [1.29, 1.82) is 0 Å². The molecular weight excluding hydrogens is 284 g/mol. The van der Waals surface area contributed by atoms with Gasteiger partial charge in [0.1, 0.15) is 0 Å². The molecule has 0 aliphatic carbocycles. The van der Waals surface area contributed by atoms with E-state index in [0.717, 1.165) is 19.6 Å². The third-order valence-electron chi connectivity index (χ3n) is 3.21. The number of nitrogen functional groups attached to an aromatic ring is 1. The number of rotatable bonds is 4. The van der Waals surface area contributed by atoms with Gasteiger partial charge >= 0.3 is 0 Å². The Morgan fingerprint density at radius 2 is 2.37 bits per heavy atom. The fourth-order valence-corrected chi connectivity index (χ4v) is 3.79. The normalized spacial score (nSPS) is 22.3. The van der Waals surface area contributed by atoms with E-state index < -0.39 is 10.8 Å². The molecule has 0 bridgehead atoms. The Balaban J connectivity index is 2.00. The summed E-state index contributed by atoms with van der Waals surface area (Å²) >= 11 is 6.07. The minimum atomic E-state index is -1.16. The maximum Gasteiger partial charge on any atom is 0.0821 e. The SMILES string of the molecule is CCN1CCOC(CS(=O)c2ccc(N)cc2Cl)C1. The zero-order valence-corrected chi connectivity index (χ0v) is 12.5. The van der Waals surface area contributed by atoms with Crippen LogP contribution in [0, 0.1) is 0 Å². The molecule has 2 unspecified atom stereocenters. The molecule has 2 rings (SSSR count). The Morgan fingerprint density at radius 1 is 1.58 bits per heavy atom. The van der Waals surface area contributed by atoms with Crippen molar-refractivity contribution in [1.82, 2.24) is 4.90 Å². The molecule has 0 amide bonds. The summed E-state index contributed by atoms with van der Waals surface area (Å²) in [4.78, 5) is 2.93. The minimum absolute atomic E-state index is 0.00292. The molecule has 0 aromatic heterocycles. The van der Waals surface area contributed by atoms with Gasteiger partial charge in [-0.2, -0.15) is 0 Å². The third kappa shape index (κ3) is 3.92. The minimum Gasteiger partial charge on any atom is -0.399 e. The summed E-state index contributed by atoms with van der Waals surface area (Å²) in [6.45, 7) is 5.59. The monoisotopic (exact) mass is 302 g/mol. The third-order valence-corrected chi connectivity index (χ3v) is 5.15. The summed E-state index contributed by atoms with van der Waals surface area (Å²) in [5.41, 5.74) is 6.21. The standard InChI is InChI=1S/C13H19ClN2O2S/c1-2-16-5-6-18-11(8-16)9-19(17)13-4-3-10(15)7-12(13)14/h3-4,7,11H,2,5-6,8-9,15H2,1H3. The highest BCUT2D eigenvalue weighted by Gasteiger charge is 2.22. The number of hydrogen-bond donors (Lipinski definition) is 1. The van der Waals surface area contributed by atoms with Crippen LogP contribution in [-0.2, 0) is 15.5 Å². The number of morpholine rings is 1. The van der Waals surface area contributed by atoms with Crippen molar-refractivity contribution in [2.75, 3.05) is 37.7 Å². The van der Waals surface area contributed by atoms with Crippen molar-refractivity contribution in [3.63, 3.8) is 0 Å². The number of halogens is 1. The second-order valence-electron chi connectivity index (χ2n) is 4.59. The van der Waals surface area contributed by atoms with Gasteiger partial charge in [-0.3, -0.25) is 9.11 Å². The van der Waals surface area contributed by atoms with Gasteiger partial charge in [0.05, 0.1) is 39.2 Å². The molecular formula is C13H19ClN2O2S. The molecule has 1 fully saturated rings. The van der Waals surface area contributed by atoms with Crippen molar-refractivity contribution < 1.29 is 8.95 Å². The molecule has 106 valence electrons. The van der Waals surface area contributed by atoms with Crippen LogP contribution in [0.5, 0.6) is 0 Å². The lowest BCUT2D eigenvalue weighted by molar-refractivity contribution is -0.0141. The van der Waals surface area contributed by atoms with Crippen molar-refractivity contribution in [3.05, 3.63) is 23.2 Å². The van der Waals surface area contributed by atoms with Crippen molar-refractivity contribution in [2.24, 2.45) is 0 Å². The average molecular weight is 303 g/mol. The first kappa shape index (κ1) is 14.8. The van der Waals surface area contributed by atoms with E-state index in [4.69, 9.17) is 22.1 Å². The molecule has 19 heavy (non-hydrogen) atoms. The molecule has 2 N–H and O–H groups in total. The number of nitrogens with zero attached hydrogens (tertiary/aromatic N) is 1. The van der Waals surface area contributed by atoms with Gasteiger partial charge in [0.2, 0.25) is 0 Å². The molecule has 1 aliphatic heterocycles. The Bertz CT molecular complexity index is 470. The summed E-state index contributed by atoms with van der Waals surface area (Å²) in [5.74, 6) is 0.472. The number of nitrogens with two attached hydrogens (primary N) is 1. The second kappa shape index (κ2) is 6.70. The van der Waals surface area contributed by atoms with Gasteiger partial charge in [0, 0.05) is 18.8 Å². The Labute approximate surface area is 121 Å². The quantitative estimate of drug-likeness (QED) is 0.861. The van der Waals surface area contributed by atoms with Crippen molar-refractivity contribution in [2.45, 2.75) is 17.9 Å². The Kier molecular flexibility index (Phi) is 5.21. The number of likely N-dealkylation sites (N-methyl/N-ethyl adjacent to an activating group) is 1. The van der Waals surface area contributed by atoms with E-state index in [2.05, 4.69) is 11.8 Å². The van der Waals surface area contributed by atoms with E-state index in [1.165, 1.54) is 0 Å². The van der Waals surface area contributed by atoms with Gasteiger partial charge in [-0.25, -0.2) is 0 Å². The lowest BCUT2D eigenvalue weighted by atomic mass is 10.3. The molecule has 6 heteroatoms. The van der Waals surface area contributed by atoms with Crippen LogP contribution in [0.15, 0.2) is 23.1 Å². The molecule has 0 saturated carbocycles. The molecule has 1 aliphatic rings. The molecule has 0 radical (unpaired) electrons. The zero-order chi connectivity index (χ0) is 13.8. The second-order valence-corrected chi connectivity index (χ2v) is 6.46. The molecule has 1 saturated heterocycles. The lowest BCUT2D eigenvalue weighted by Gasteiger charge is -2.31. The zero-order valence-electron chi connectivity index (χ0n) is 11.0. The molecule has 1 aromatic carbocycles. The highest BCUT2D eigenvalue weighted by atomic mass is 35.5. The van der Waals surface area contributed by atoms with E-state index in [1.807, 2.05) is 0 Å². The van der Waals surface area contributed by atoms with Crippen LogP contribution >= 0.6 is 11.6 Å². The predicted molar refractivity (Wildman–Crippen MR) is 79.0 cm³/mol. The fourth-order valence-electron chi connectivity index (χ4n) is 2.13. The van der Waals surface area contributed by atoms with E-state index in [-0.39, 0.29) is 6.10 Å². The first-order valence-electron chi connectivity index (χ1n) is 6.37. The van der Waals surface area contributed by atoms with Gasteiger partial charge in [-0.15, -0.1) is 0 Å². The van der Waals surface area contributed by atoms with E-state index >= 15 is 0 Å². The van der Waals surface area contributed by atoms with Gasteiger partial charge in [0.15, 0.2) is 0 Å². The average Bonchev–Trinajstić information content (AvgIpc) is 2.38. The van der Waals surface area contributed by atoms with Crippen LogP contribution in [0.4, 0.5) is 5.69 Å². The highest BCUT2D eigenvalue weighted by molar-refractivity contribution is 7.85. The van der Waals surface area contributed by atoms with Crippen LogP contribution in [0.2, 0.25) is 5.02 Å². The van der Waals surface area contributed by atoms with Crippen LogP contribution in [-0.4, -0.2) is 47.2 Å². The van der Waals surface area contributed by atoms with Crippen molar-refractivity contribution in [3.8, 4) is 0 Å². The van der Waals surface area contributed by atoms with Gasteiger partial charge in [-0.05, 0) is 24.7 Å². The summed E-state index contributed by atoms with van der Waals surface area (Å²) in [7, 11) is -1.16. The number of hydrogen-bond acceptors (Lipinski definition) is 4. The molecule has 1 aromatic rings. The largest absolute Gasteiger partial charge is 0.399 e. The van der Waals surface area contributed by atoms with E-state index in [0.29, 0.717) is 28.0 Å². The predicted octanol–water partition coefficient (Wildman–Crippen LogP) is 1.75.